The minimum absolute atomic E-state index is 0.00905. The van der Waals surface area contributed by atoms with Gasteiger partial charge in [-0.3, -0.25) is 0 Å². The Morgan fingerprint density at radius 1 is 0.719 bits per heavy atom. The van der Waals surface area contributed by atoms with Gasteiger partial charge in [0.15, 0.2) is 0 Å². The number of ether oxygens (including phenoxy) is 2. The van der Waals surface area contributed by atoms with Crippen LogP contribution in [-0.2, 0) is 0 Å². The molecule has 0 saturated heterocycles. The normalized spacial score (nSPS) is 11.2. The highest BCUT2D eigenvalue weighted by molar-refractivity contribution is 6.30. The van der Waals surface area contributed by atoms with Crippen molar-refractivity contribution in [3.8, 4) is 39.7 Å². The van der Waals surface area contributed by atoms with Crippen molar-refractivity contribution in [2.45, 2.75) is 13.2 Å². The Morgan fingerprint density at radius 3 is 1.94 bits per heavy atom. The molecular formula is C23H15ClF4N2O2. The van der Waals surface area contributed by atoms with Crippen LogP contribution in [-0.4, -0.2) is 23.0 Å². The highest BCUT2D eigenvalue weighted by atomic mass is 35.5. The fourth-order valence-corrected chi connectivity index (χ4v) is 3.38. The predicted molar refractivity (Wildman–Crippen MR) is 113 cm³/mol. The van der Waals surface area contributed by atoms with Crippen LogP contribution in [0.25, 0.3) is 28.2 Å². The lowest BCUT2D eigenvalue weighted by atomic mass is 10.1. The first kappa shape index (κ1) is 21.7. The number of nitrogens with zero attached hydrogens (tertiary/aromatic N) is 2. The SMILES string of the molecule is FC(F)Oc1cccc(-c2cc(-c3cccc(OC(F)F)c3)n(-c3cccc(Cl)c3)n2)c1. The molecule has 3 aromatic carbocycles. The summed E-state index contributed by atoms with van der Waals surface area (Å²) < 4.78 is 61.2. The van der Waals surface area contributed by atoms with Gasteiger partial charge in [0.05, 0.1) is 17.1 Å². The van der Waals surface area contributed by atoms with Gasteiger partial charge in [-0.1, -0.05) is 41.9 Å². The molecule has 4 nitrogen and oxygen atoms in total. The predicted octanol–water partition coefficient (Wildman–Crippen LogP) is 7.06. The van der Waals surface area contributed by atoms with E-state index in [1.165, 1.54) is 24.3 Å². The molecule has 0 aliphatic heterocycles. The van der Waals surface area contributed by atoms with Gasteiger partial charge in [0.1, 0.15) is 11.5 Å². The first-order valence-corrected chi connectivity index (χ1v) is 9.73. The van der Waals surface area contributed by atoms with Gasteiger partial charge in [-0.05, 0) is 48.5 Å². The summed E-state index contributed by atoms with van der Waals surface area (Å²) in [4.78, 5) is 0. The van der Waals surface area contributed by atoms with Gasteiger partial charge in [0, 0.05) is 16.1 Å². The first-order valence-electron chi connectivity index (χ1n) is 9.35. The molecule has 1 aromatic heterocycles. The Bertz CT molecular complexity index is 1230. The Kier molecular flexibility index (Phi) is 6.32. The second-order valence-electron chi connectivity index (χ2n) is 6.62. The second-order valence-corrected chi connectivity index (χ2v) is 7.06. The molecular weight excluding hydrogens is 448 g/mol. The minimum atomic E-state index is -2.96. The highest BCUT2D eigenvalue weighted by Gasteiger charge is 2.16. The number of halogens is 5. The third-order valence-corrected chi connectivity index (χ3v) is 4.71. The van der Waals surface area contributed by atoms with E-state index in [0.29, 0.717) is 33.2 Å². The first-order chi connectivity index (χ1) is 15.4. The summed E-state index contributed by atoms with van der Waals surface area (Å²) in [7, 11) is 0. The zero-order valence-electron chi connectivity index (χ0n) is 16.3. The van der Waals surface area contributed by atoms with E-state index in [9.17, 15) is 17.6 Å². The summed E-state index contributed by atoms with van der Waals surface area (Å²) in [5.74, 6) is -0.0195. The Morgan fingerprint density at radius 2 is 1.31 bits per heavy atom. The largest absolute Gasteiger partial charge is 0.435 e. The van der Waals surface area contributed by atoms with Crippen molar-refractivity contribution in [1.29, 1.82) is 0 Å². The summed E-state index contributed by atoms with van der Waals surface area (Å²) in [5.41, 5.74) is 2.73. The van der Waals surface area contributed by atoms with E-state index in [1.54, 1.807) is 59.3 Å². The van der Waals surface area contributed by atoms with Crippen molar-refractivity contribution in [3.05, 3.63) is 83.9 Å². The Balaban J connectivity index is 1.83. The Hall–Kier alpha value is -3.52. The molecule has 0 bridgehead atoms. The summed E-state index contributed by atoms with van der Waals surface area (Å²) in [6.45, 7) is -5.92. The van der Waals surface area contributed by atoms with Crippen molar-refractivity contribution in [2.24, 2.45) is 0 Å². The van der Waals surface area contributed by atoms with Crippen LogP contribution in [0.2, 0.25) is 5.02 Å². The fourth-order valence-electron chi connectivity index (χ4n) is 3.20. The van der Waals surface area contributed by atoms with Gasteiger partial charge >= 0.3 is 13.2 Å². The lowest BCUT2D eigenvalue weighted by molar-refractivity contribution is -0.0505. The monoisotopic (exact) mass is 462 g/mol. The zero-order valence-corrected chi connectivity index (χ0v) is 17.0. The number of aromatic nitrogens is 2. The summed E-state index contributed by atoms with van der Waals surface area (Å²) in [6, 6.07) is 20.9. The van der Waals surface area contributed by atoms with Crippen LogP contribution in [0.5, 0.6) is 11.5 Å². The van der Waals surface area contributed by atoms with Crippen molar-refractivity contribution < 1.29 is 27.0 Å². The molecule has 0 amide bonds. The quantitative estimate of drug-likeness (QED) is 0.276. The van der Waals surface area contributed by atoms with Gasteiger partial charge in [-0.2, -0.15) is 22.7 Å². The summed E-state index contributed by atoms with van der Waals surface area (Å²) in [6.07, 6.45) is 0. The molecule has 164 valence electrons. The molecule has 0 atom stereocenters. The average Bonchev–Trinajstić information content (AvgIpc) is 3.19. The van der Waals surface area contributed by atoms with Crippen molar-refractivity contribution >= 4 is 11.6 Å². The maximum Gasteiger partial charge on any atom is 0.387 e. The lowest BCUT2D eigenvalue weighted by Crippen LogP contribution is -2.02. The van der Waals surface area contributed by atoms with Crippen LogP contribution < -0.4 is 9.47 Å². The molecule has 0 saturated carbocycles. The second kappa shape index (κ2) is 9.32. The summed E-state index contributed by atoms with van der Waals surface area (Å²) in [5, 5.41) is 5.08. The smallest absolute Gasteiger partial charge is 0.387 e. The van der Waals surface area contributed by atoms with Crippen LogP contribution in [0.4, 0.5) is 17.6 Å². The zero-order chi connectivity index (χ0) is 22.7. The molecule has 0 spiro atoms. The maximum atomic E-state index is 12.7. The molecule has 0 radical (unpaired) electrons. The van der Waals surface area contributed by atoms with Gasteiger partial charge in [-0.15, -0.1) is 0 Å². The van der Waals surface area contributed by atoms with E-state index in [1.807, 2.05) is 0 Å². The van der Waals surface area contributed by atoms with E-state index in [2.05, 4.69) is 14.6 Å². The van der Waals surface area contributed by atoms with Gasteiger partial charge in [0.2, 0.25) is 0 Å². The Labute approximate surface area is 185 Å². The standard InChI is InChI=1S/C23H15ClF4N2O2/c24-16-6-3-7-17(12-16)30-21(15-5-2-9-19(11-15)32-23(27)28)13-20(29-30)14-4-1-8-18(10-14)31-22(25)26/h1-13,22-23H. The molecule has 4 aromatic rings. The maximum absolute atomic E-state index is 12.7. The molecule has 9 heteroatoms. The molecule has 4 rings (SSSR count). The van der Waals surface area contributed by atoms with E-state index in [-0.39, 0.29) is 11.5 Å². The van der Waals surface area contributed by atoms with Crippen LogP contribution >= 0.6 is 11.6 Å². The van der Waals surface area contributed by atoms with E-state index >= 15 is 0 Å². The third kappa shape index (κ3) is 5.03. The third-order valence-electron chi connectivity index (χ3n) is 4.47. The number of benzene rings is 3. The fraction of sp³-hybridized carbons (Fsp3) is 0.0870. The van der Waals surface area contributed by atoms with Crippen molar-refractivity contribution in [3.63, 3.8) is 0 Å². The van der Waals surface area contributed by atoms with E-state index < -0.39 is 13.2 Å². The molecule has 0 aliphatic rings. The van der Waals surface area contributed by atoms with E-state index in [0.717, 1.165) is 0 Å². The topological polar surface area (TPSA) is 36.3 Å². The van der Waals surface area contributed by atoms with Crippen LogP contribution in [0.1, 0.15) is 0 Å². The lowest BCUT2D eigenvalue weighted by Gasteiger charge is -2.10. The molecule has 0 fully saturated rings. The minimum Gasteiger partial charge on any atom is -0.435 e. The number of rotatable bonds is 7. The van der Waals surface area contributed by atoms with Crippen LogP contribution in [0, 0.1) is 0 Å². The van der Waals surface area contributed by atoms with Crippen LogP contribution in [0.3, 0.4) is 0 Å². The van der Waals surface area contributed by atoms with Gasteiger partial charge in [-0.25, -0.2) is 4.68 Å². The molecule has 0 N–H and O–H groups in total. The number of hydrogen-bond donors (Lipinski definition) is 0. The molecule has 0 unspecified atom stereocenters. The molecule has 1 heterocycles. The molecule has 0 aliphatic carbocycles. The van der Waals surface area contributed by atoms with E-state index in [4.69, 9.17) is 11.6 Å². The summed E-state index contributed by atoms with van der Waals surface area (Å²) >= 11 is 6.14. The van der Waals surface area contributed by atoms with Gasteiger partial charge in [0.25, 0.3) is 0 Å². The highest BCUT2D eigenvalue weighted by Crippen LogP contribution is 2.32. The van der Waals surface area contributed by atoms with Crippen molar-refractivity contribution in [1.82, 2.24) is 9.78 Å². The average molecular weight is 463 g/mol. The van der Waals surface area contributed by atoms with Crippen LogP contribution in [0.15, 0.2) is 78.9 Å². The number of hydrogen-bond acceptors (Lipinski definition) is 3. The number of alkyl halides is 4. The molecule has 32 heavy (non-hydrogen) atoms. The van der Waals surface area contributed by atoms with Gasteiger partial charge < -0.3 is 9.47 Å². The van der Waals surface area contributed by atoms with Crippen molar-refractivity contribution in [2.75, 3.05) is 0 Å².